The molecule has 3 amide bonds. The SMILES string of the molecule is COc1ccc(/C(=C/c2ccc(C(=O)N3CCN(c4ncc(C(=O)NO)cn4)CC3)cc2)C(=O)NC2CC2)cc1OC. The lowest BCUT2D eigenvalue weighted by atomic mass is 10.0. The molecule has 3 N–H and O–H groups in total. The molecule has 2 fully saturated rings. The number of nitrogens with one attached hydrogen (secondary N) is 2. The Balaban J connectivity index is 1.27. The van der Waals surface area contributed by atoms with Crippen molar-refractivity contribution in [2.45, 2.75) is 18.9 Å². The number of anilines is 1. The van der Waals surface area contributed by atoms with Crippen molar-refractivity contribution >= 4 is 35.3 Å². The van der Waals surface area contributed by atoms with E-state index in [1.54, 1.807) is 54.9 Å². The Morgan fingerprint density at radius 1 is 0.881 bits per heavy atom. The molecule has 42 heavy (non-hydrogen) atoms. The number of rotatable bonds is 9. The molecule has 0 spiro atoms. The number of nitrogens with zero attached hydrogens (tertiary/aromatic N) is 4. The van der Waals surface area contributed by atoms with Gasteiger partial charge in [0.1, 0.15) is 0 Å². The topological polar surface area (TPSA) is 146 Å². The van der Waals surface area contributed by atoms with Gasteiger partial charge < -0.3 is 24.6 Å². The van der Waals surface area contributed by atoms with Gasteiger partial charge in [0.05, 0.1) is 19.8 Å². The molecule has 1 aromatic heterocycles. The summed E-state index contributed by atoms with van der Waals surface area (Å²) in [6, 6.07) is 12.7. The molecule has 0 bridgehead atoms. The molecular formula is C30H32N6O6. The van der Waals surface area contributed by atoms with Crippen molar-refractivity contribution in [2.24, 2.45) is 0 Å². The summed E-state index contributed by atoms with van der Waals surface area (Å²) in [7, 11) is 3.11. The van der Waals surface area contributed by atoms with Crippen LogP contribution in [0.2, 0.25) is 0 Å². The number of carbonyl (C=O) groups is 3. The Bertz CT molecular complexity index is 1480. The fraction of sp³-hybridized carbons (Fsp3) is 0.300. The van der Waals surface area contributed by atoms with E-state index in [0.717, 1.165) is 18.4 Å². The Kier molecular flexibility index (Phi) is 8.63. The molecule has 3 aromatic rings. The second-order valence-electron chi connectivity index (χ2n) is 9.99. The van der Waals surface area contributed by atoms with Gasteiger partial charge in [0.15, 0.2) is 11.5 Å². The van der Waals surface area contributed by atoms with Crippen molar-refractivity contribution in [3.8, 4) is 11.5 Å². The molecule has 2 aliphatic rings. The zero-order valence-electron chi connectivity index (χ0n) is 23.4. The number of ether oxygens (including phenoxy) is 2. The second-order valence-corrected chi connectivity index (χ2v) is 9.99. The number of methoxy groups -OCH3 is 2. The van der Waals surface area contributed by atoms with Gasteiger partial charge in [-0.1, -0.05) is 18.2 Å². The number of amides is 3. The Morgan fingerprint density at radius 2 is 1.52 bits per heavy atom. The number of piperazine rings is 1. The van der Waals surface area contributed by atoms with E-state index in [-0.39, 0.29) is 23.4 Å². The number of aromatic nitrogens is 2. The maximum atomic E-state index is 13.2. The van der Waals surface area contributed by atoms with Gasteiger partial charge in [-0.05, 0) is 54.3 Å². The average Bonchev–Trinajstić information content (AvgIpc) is 3.87. The summed E-state index contributed by atoms with van der Waals surface area (Å²) in [6.45, 7) is 2.02. The second kappa shape index (κ2) is 12.7. The predicted octanol–water partition coefficient (Wildman–Crippen LogP) is 2.39. The molecule has 2 aromatic carbocycles. The molecule has 12 nitrogen and oxygen atoms in total. The van der Waals surface area contributed by atoms with Crippen LogP contribution >= 0.6 is 0 Å². The summed E-state index contributed by atoms with van der Waals surface area (Å²) in [5.41, 5.74) is 4.21. The standard InChI is InChI=1S/C30H32N6O6/c1-41-25-10-7-21(16-26(25)42-2)24(28(38)33-23-8-9-23)15-19-3-5-20(6-4-19)29(39)35-11-13-36(14-12-35)30-31-17-22(18-32-30)27(37)34-40/h3-7,10,15-18,23,40H,8-9,11-14H2,1-2H3,(H,33,38)(H,34,37)/b24-15-. The van der Waals surface area contributed by atoms with Crippen LogP contribution < -0.4 is 25.2 Å². The van der Waals surface area contributed by atoms with Crippen LogP contribution in [0.1, 0.15) is 44.7 Å². The summed E-state index contributed by atoms with van der Waals surface area (Å²) < 4.78 is 10.8. The molecule has 1 saturated heterocycles. The molecule has 1 aliphatic carbocycles. The Labute approximate surface area is 242 Å². The van der Waals surface area contributed by atoms with Crippen LogP contribution in [-0.2, 0) is 4.79 Å². The van der Waals surface area contributed by atoms with Crippen molar-refractivity contribution in [3.05, 3.63) is 77.1 Å². The first kappa shape index (κ1) is 28.6. The molecule has 1 aliphatic heterocycles. The van der Waals surface area contributed by atoms with Crippen LogP contribution in [0.25, 0.3) is 11.6 Å². The first-order chi connectivity index (χ1) is 20.4. The lowest BCUT2D eigenvalue weighted by molar-refractivity contribution is -0.115. The van der Waals surface area contributed by atoms with Crippen molar-refractivity contribution in [1.82, 2.24) is 25.7 Å². The number of hydroxylamine groups is 1. The van der Waals surface area contributed by atoms with E-state index in [9.17, 15) is 14.4 Å². The normalized spacial score (nSPS) is 15.2. The van der Waals surface area contributed by atoms with Gasteiger partial charge in [0.2, 0.25) is 5.95 Å². The van der Waals surface area contributed by atoms with Crippen molar-refractivity contribution in [3.63, 3.8) is 0 Å². The maximum absolute atomic E-state index is 13.2. The van der Waals surface area contributed by atoms with Crippen LogP contribution in [0.4, 0.5) is 5.95 Å². The van der Waals surface area contributed by atoms with Gasteiger partial charge in [0.25, 0.3) is 17.7 Å². The zero-order valence-corrected chi connectivity index (χ0v) is 23.4. The number of hydrogen-bond acceptors (Lipinski definition) is 9. The summed E-state index contributed by atoms with van der Waals surface area (Å²) >= 11 is 0. The van der Waals surface area contributed by atoms with Crippen LogP contribution in [0.5, 0.6) is 11.5 Å². The zero-order chi connectivity index (χ0) is 29.6. The minimum atomic E-state index is -0.683. The lowest BCUT2D eigenvalue weighted by Crippen LogP contribution is -2.49. The molecule has 12 heteroatoms. The first-order valence-electron chi connectivity index (χ1n) is 13.6. The predicted molar refractivity (Wildman–Crippen MR) is 154 cm³/mol. The lowest BCUT2D eigenvalue weighted by Gasteiger charge is -2.34. The van der Waals surface area contributed by atoms with Gasteiger partial charge in [0, 0.05) is 55.8 Å². The third-order valence-electron chi connectivity index (χ3n) is 7.17. The minimum absolute atomic E-state index is 0.0901. The van der Waals surface area contributed by atoms with Gasteiger partial charge in [-0.2, -0.15) is 0 Å². The molecule has 0 atom stereocenters. The molecule has 218 valence electrons. The van der Waals surface area contributed by atoms with Crippen LogP contribution in [0.15, 0.2) is 54.9 Å². The number of carbonyl (C=O) groups excluding carboxylic acids is 3. The molecule has 5 rings (SSSR count). The van der Waals surface area contributed by atoms with E-state index in [0.29, 0.717) is 60.3 Å². The fourth-order valence-corrected chi connectivity index (χ4v) is 4.62. The van der Waals surface area contributed by atoms with Gasteiger partial charge in [-0.25, -0.2) is 15.4 Å². The van der Waals surface area contributed by atoms with Crippen LogP contribution in [0.3, 0.4) is 0 Å². The number of benzene rings is 2. The third kappa shape index (κ3) is 6.50. The number of hydrogen-bond donors (Lipinski definition) is 3. The summed E-state index contributed by atoms with van der Waals surface area (Å²) in [6.07, 6.45) is 6.43. The highest BCUT2D eigenvalue weighted by molar-refractivity contribution is 6.24. The fourth-order valence-electron chi connectivity index (χ4n) is 4.62. The first-order valence-corrected chi connectivity index (χ1v) is 13.6. The quantitative estimate of drug-likeness (QED) is 0.152. The highest BCUT2D eigenvalue weighted by Gasteiger charge is 2.26. The van der Waals surface area contributed by atoms with Crippen LogP contribution in [-0.4, -0.2) is 84.2 Å². The monoisotopic (exact) mass is 572 g/mol. The summed E-state index contributed by atoms with van der Waals surface area (Å²) in [4.78, 5) is 50.0. The molecular weight excluding hydrogens is 540 g/mol. The molecule has 2 heterocycles. The highest BCUT2D eigenvalue weighted by Crippen LogP contribution is 2.32. The van der Waals surface area contributed by atoms with Crippen molar-refractivity contribution in [1.29, 1.82) is 0 Å². The van der Waals surface area contributed by atoms with E-state index in [4.69, 9.17) is 14.7 Å². The maximum Gasteiger partial charge on any atom is 0.277 e. The van der Waals surface area contributed by atoms with E-state index >= 15 is 0 Å². The highest BCUT2D eigenvalue weighted by atomic mass is 16.5. The van der Waals surface area contributed by atoms with Crippen molar-refractivity contribution < 1.29 is 29.1 Å². The largest absolute Gasteiger partial charge is 0.493 e. The van der Waals surface area contributed by atoms with Crippen molar-refractivity contribution in [2.75, 3.05) is 45.3 Å². The third-order valence-corrected chi connectivity index (χ3v) is 7.17. The summed E-state index contributed by atoms with van der Waals surface area (Å²) in [5.74, 6) is 0.606. The van der Waals surface area contributed by atoms with E-state index in [1.807, 2.05) is 23.1 Å². The average molecular weight is 573 g/mol. The Morgan fingerprint density at radius 3 is 2.12 bits per heavy atom. The van der Waals surface area contributed by atoms with Gasteiger partial charge >= 0.3 is 0 Å². The summed E-state index contributed by atoms with van der Waals surface area (Å²) in [5, 5.41) is 11.8. The Hall–Kier alpha value is -4.97. The van der Waals surface area contributed by atoms with E-state index in [1.165, 1.54) is 12.4 Å². The van der Waals surface area contributed by atoms with E-state index < -0.39 is 5.91 Å². The molecule has 0 radical (unpaired) electrons. The van der Waals surface area contributed by atoms with Crippen LogP contribution in [0, 0.1) is 0 Å². The molecule has 0 unspecified atom stereocenters. The smallest absolute Gasteiger partial charge is 0.277 e. The van der Waals surface area contributed by atoms with E-state index in [2.05, 4.69) is 15.3 Å². The minimum Gasteiger partial charge on any atom is -0.493 e. The van der Waals surface area contributed by atoms with Gasteiger partial charge in [-0.15, -0.1) is 0 Å². The van der Waals surface area contributed by atoms with Gasteiger partial charge in [-0.3, -0.25) is 19.6 Å². The molecule has 1 saturated carbocycles.